The minimum absolute atomic E-state index is 0.0357. The van der Waals surface area contributed by atoms with Crippen molar-refractivity contribution in [2.24, 2.45) is 11.3 Å². The number of ether oxygens (including phenoxy) is 1. The van der Waals surface area contributed by atoms with E-state index in [4.69, 9.17) is 4.74 Å². The van der Waals surface area contributed by atoms with Crippen molar-refractivity contribution in [1.29, 1.82) is 0 Å². The maximum Gasteiger partial charge on any atom is 0.248 e. The summed E-state index contributed by atoms with van der Waals surface area (Å²) in [5, 5.41) is 0. The van der Waals surface area contributed by atoms with E-state index < -0.39 is 0 Å². The van der Waals surface area contributed by atoms with Crippen LogP contribution in [0.3, 0.4) is 0 Å². The lowest BCUT2D eigenvalue weighted by Crippen LogP contribution is -2.42. The van der Waals surface area contributed by atoms with E-state index >= 15 is 0 Å². The third kappa shape index (κ3) is 4.30. The molecule has 4 nitrogen and oxygen atoms in total. The Morgan fingerprint density at radius 3 is 2.55 bits per heavy atom. The van der Waals surface area contributed by atoms with Gasteiger partial charge >= 0.3 is 0 Å². The van der Waals surface area contributed by atoms with Crippen LogP contribution < -0.4 is 0 Å². The molecule has 1 heterocycles. The molecule has 0 bridgehead atoms. The molecule has 1 amide bonds. The van der Waals surface area contributed by atoms with Gasteiger partial charge in [0.15, 0.2) is 0 Å². The van der Waals surface area contributed by atoms with Crippen molar-refractivity contribution >= 4 is 11.7 Å². The summed E-state index contributed by atoms with van der Waals surface area (Å²) in [5.74, 6) is 0.956. The highest BCUT2D eigenvalue weighted by Gasteiger charge is 2.33. The Labute approximate surface area is 121 Å². The van der Waals surface area contributed by atoms with Gasteiger partial charge in [-0.3, -0.25) is 9.59 Å². The topological polar surface area (TPSA) is 46.6 Å². The fraction of sp³-hybridized carbons (Fsp3) is 0.875. The molecule has 1 saturated heterocycles. The summed E-state index contributed by atoms with van der Waals surface area (Å²) >= 11 is 0. The largest absolute Gasteiger partial charge is 0.368 e. The van der Waals surface area contributed by atoms with E-state index in [1.54, 1.807) is 4.90 Å². The van der Waals surface area contributed by atoms with E-state index in [1.165, 1.54) is 6.42 Å². The molecule has 2 unspecified atom stereocenters. The Morgan fingerprint density at radius 1 is 1.30 bits per heavy atom. The predicted octanol–water partition coefficient (Wildman–Crippen LogP) is 2.41. The number of hydrogen-bond acceptors (Lipinski definition) is 3. The molecule has 0 spiro atoms. The van der Waals surface area contributed by atoms with Crippen molar-refractivity contribution in [3.63, 3.8) is 0 Å². The monoisotopic (exact) mass is 281 g/mol. The summed E-state index contributed by atoms with van der Waals surface area (Å²) in [5.41, 5.74) is 0.308. The number of amides is 1. The number of piperidine rings is 1. The highest BCUT2D eigenvalue weighted by Crippen LogP contribution is 2.39. The second-order valence-corrected chi connectivity index (χ2v) is 7.27. The first-order valence-electron chi connectivity index (χ1n) is 7.77. The smallest absolute Gasteiger partial charge is 0.248 e. The molecule has 114 valence electrons. The molecule has 2 fully saturated rings. The third-order valence-electron chi connectivity index (χ3n) is 4.46. The summed E-state index contributed by atoms with van der Waals surface area (Å²) in [4.78, 5) is 25.0. The normalized spacial score (nSPS) is 30.4. The van der Waals surface area contributed by atoms with Crippen LogP contribution in [0.4, 0.5) is 0 Å². The molecule has 0 aromatic rings. The lowest BCUT2D eigenvalue weighted by molar-refractivity contribution is -0.142. The van der Waals surface area contributed by atoms with Gasteiger partial charge in [0.2, 0.25) is 5.91 Å². The molecule has 4 heteroatoms. The van der Waals surface area contributed by atoms with Gasteiger partial charge < -0.3 is 9.64 Å². The average molecular weight is 281 g/mol. The van der Waals surface area contributed by atoms with Gasteiger partial charge in [0.25, 0.3) is 0 Å². The summed E-state index contributed by atoms with van der Waals surface area (Å²) in [6, 6.07) is 0. The highest BCUT2D eigenvalue weighted by atomic mass is 16.5. The van der Waals surface area contributed by atoms with Gasteiger partial charge in [-0.15, -0.1) is 0 Å². The van der Waals surface area contributed by atoms with Crippen molar-refractivity contribution in [3.05, 3.63) is 0 Å². The number of ketones is 1. The summed E-state index contributed by atoms with van der Waals surface area (Å²) in [7, 11) is 0. The molecule has 2 rings (SSSR count). The number of likely N-dealkylation sites (tertiary alicyclic amines) is 1. The van der Waals surface area contributed by atoms with Gasteiger partial charge in [0.1, 0.15) is 12.4 Å². The van der Waals surface area contributed by atoms with Crippen molar-refractivity contribution in [3.8, 4) is 0 Å². The molecular formula is C16H27NO3. The number of hydrogen-bond donors (Lipinski definition) is 0. The van der Waals surface area contributed by atoms with Crippen molar-refractivity contribution in [2.75, 3.05) is 19.7 Å². The quantitative estimate of drug-likeness (QED) is 0.798. The van der Waals surface area contributed by atoms with E-state index in [1.807, 2.05) is 0 Å². The molecule has 1 aliphatic carbocycles. The molecule has 0 N–H and O–H groups in total. The highest BCUT2D eigenvalue weighted by molar-refractivity contribution is 5.83. The number of Topliss-reactive ketones (excluding diaryl/α,β-unsaturated/α-hetero) is 1. The maximum atomic E-state index is 12.1. The molecule has 2 aliphatic rings. The Hall–Kier alpha value is -0.900. The van der Waals surface area contributed by atoms with Crippen LogP contribution in [0.15, 0.2) is 0 Å². The van der Waals surface area contributed by atoms with E-state index in [0.717, 1.165) is 12.8 Å². The first kappa shape index (κ1) is 15.5. The van der Waals surface area contributed by atoms with E-state index in [-0.39, 0.29) is 24.4 Å². The zero-order chi connectivity index (χ0) is 14.8. The zero-order valence-corrected chi connectivity index (χ0v) is 13.0. The summed E-state index contributed by atoms with van der Waals surface area (Å²) in [6.45, 7) is 8.10. The summed E-state index contributed by atoms with van der Waals surface area (Å²) in [6.07, 6.45) is 4.51. The fourth-order valence-electron chi connectivity index (χ4n) is 3.67. The first-order chi connectivity index (χ1) is 9.35. The lowest BCUT2D eigenvalue weighted by atomic mass is 9.71. The molecule has 0 aromatic heterocycles. The standard InChI is InChI=1S/C16H27NO3/c1-12-8-14(10-16(2,3)9-12)20-11-15(19)17-6-4-13(18)5-7-17/h12,14H,4-11H2,1-3H3. The average Bonchev–Trinajstić information content (AvgIpc) is 2.34. The van der Waals surface area contributed by atoms with Crippen LogP contribution in [0.1, 0.15) is 52.9 Å². The van der Waals surface area contributed by atoms with E-state index in [2.05, 4.69) is 20.8 Å². The molecule has 20 heavy (non-hydrogen) atoms. The zero-order valence-electron chi connectivity index (χ0n) is 13.0. The Balaban J connectivity index is 1.77. The Morgan fingerprint density at radius 2 is 1.95 bits per heavy atom. The van der Waals surface area contributed by atoms with Gasteiger partial charge in [-0.2, -0.15) is 0 Å². The minimum atomic E-state index is 0.0357. The van der Waals surface area contributed by atoms with Crippen molar-refractivity contribution in [1.82, 2.24) is 4.90 Å². The van der Waals surface area contributed by atoms with E-state index in [0.29, 0.717) is 37.3 Å². The van der Waals surface area contributed by atoms with Gasteiger partial charge in [-0.05, 0) is 30.6 Å². The van der Waals surface area contributed by atoms with Gasteiger partial charge in [-0.1, -0.05) is 20.8 Å². The molecule has 0 radical (unpaired) electrons. The van der Waals surface area contributed by atoms with Crippen LogP contribution >= 0.6 is 0 Å². The molecule has 0 aromatic carbocycles. The first-order valence-corrected chi connectivity index (χ1v) is 7.77. The van der Waals surface area contributed by atoms with Crippen molar-refractivity contribution < 1.29 is 14.3 Å². The summed E-state index contributed by atoms with van der Waals surface area (Å²) < 4.78 is 5.85. The number of rotatable bonds is 3. The second-order valence-electron chi connectivity index (χ2n) is 7.27. The van der Waals surface area contributed by atoms with Crippen LogP contribution in [-0.4, -0.2) is 42.4 Å². The number of nitrogens with zero attached hydrogens (tertiary/aromatic N) is 1. The van der Waals surface area contributed by atoms with Gasteiger partial charge in [-0.25, -0.2) is 0 Å². The van der Waals surface area contributed by atoms with Crippen molar-refractivity contribution in [2.45, 2.75) is 59.0 Å². The number of carbonyl (C=O) groups is 2. The predicted molar refractivity (Wildman–Crippen MR) is 77.4 cm³/mol. The lowest BCUT2D eigenvalue weighted by Gasteiger charge is -2.39. The Bertz CT molecular complexity index is 368. The number of carbonyl (C=O) groups excluding carboxylic acids is 2. The second kappa shape index (κ2) is 6.25. The maximum absolute atomic E-state index is 12.1. The Kier molecular flexibility index (Phi) is 4.84. The minimum Gasteiger partial charge on any atom is -0.368 e. The van der Waals surface area contributed by atoms with Crippen LogP contribution in [0.5, 0.6) is 0 Å². The van der Waals surface area contributed by atoms with Gasteiger partial charge in [0, 0.05) is 25.9 Å². The van der Waals surface area contributed by atoms with E-state index in [9.17, 15) is 9.59 Å². The van der Waals surface area contributed by atoms with Crippen LogP contribution in [0.25, 0.3) is 0 Å². The van der Waals surface area contributed by atoms with Crippen LogP contribution in [0, 0.1) is 11.3 Å². The SMILES string of the molecule is CC1CC(OCC(=O)N2CCC(=O)CC2)CC(C)(C)C1. The van der Waals surface area contributed by atoms with Crippen LogP contribution in [0.2, 0.25) is 0 Å². The third-order valence-corrected chi connectivity index (χ3v) is 4.46. The molecule has 1 saturated carbocycles. The molecular weight excluding hydrogens is 254 g/mol. The molecule has 2 atom stereocenters. The molecule has 1 aliphatic heterocycles. The van der Waals surface area contributed by atoms with Crippen LogP contribution in [-0.2, 0) is 14.3 Å². The van der Waals surface area contributed by atoms with Gasteiger partial charge in [0.05, 0.1) is 6.10 Å². The fourth-order valence-corrected chi connectivity index (χ4v) is 3.67.